The summed E-state index contributed by atoms with van der Waals surface area (Å²) in [5.74, 6) is -0.147. The number of nitrogens with zero attached hydrogens (tertiary/aromatic N) is 1. The molecule has 2 aromatic rings. The molecule has 2 rings (SSSR count). The van der Waals surface area contributed by atoms with Gasteiger partial charge in [0.2, 0.25) is 5.91 Å². The minimum Gasteiger partial charge on any atom is -0.381 e. The molecular formula is C26H34F5N3O. The summed E-state index contributed by atoms with van der Waals surface area (Å²) in [5.41, 5.74) is 2.31. The third-order valence-corrected chi connectivity index (χ3v) is 5.74. The van der Waals surface area contributed by atoms with Gasteiger partial charge in [-0.05, 0) is 62.6 Å². The van der Waals surface area contributed by atoms with Crippen LogP contribution in [0.25, 0.3) is 0 Å². The van der Waals surface area contributed by atoms with Crippen LogP contribution in [-0.4, -0.2) is 31.8 Å². The number of halogens is 5. The predicted molar refractivity (Wildman–Crippen MR) is 131 cm³/mol. The van der Waals surface area contributed by atoms with Gasteiger partial charge in [0.15, 0.2) is 0 Å². The van der Waals surface area contributed by atoms with E-state index in [1.807, 2.05) is 26.0 Å². The van der Waals surface area contributed by atoms with Gasteiger partial charge in [-0.25, -0.2) is 8.78 Å². The molecule has 0 fully saturated rings. The molecule has 2 aromatic carbocycles. The van der Waals surface area contributed by atoms with Crippen molar-refractivity contribution in [2.75, 3.05) is 35.3 Å². The SMILES string of the molecule is CCN(CC)c1cc(NCc2ccc(C(F)(F)F)cc2)ccc1NC(=O)CCCCCC(F)CF. The third kappa shape index (κ3) is 9.38. The molecule has 0 heterocycles. The standard InChI is InChI=1S/C26H34F5N3O/c1-3-34(4-2)24-16-22(32-18-19-10-12-20(13-11-19)26(29,30)31)14-15-23(24)33-25(35)9-7-5-6-8-21(28)17-27/h10-16,21,32H,3-9,17-18H2,1-2H3,(H,33,35). The number of benzene rings is 2. The zero-order valence-corrected chi connectivity index (χ0v) is 20.2. The summed E-state index contributed by atoms with van der Waals surface area (Å²) in [6, 6.07) is 10.5. The average molecular weight is 500 g/mol. The summed E-state index contributed by atoms with van der Waals surface area (Å²) in [6.07, 6.45) is -3.53. The Morgan fingerprint density at radius 3 is 2.29 bits per heavy atom. The molecule has 0 aliphatic rings. The van der Waals surface area contributed by atoms with E-state index in [4.69, 9.17) is 0 Å². The van der Waals surface area contributed by atoms with Gasteiger partial charge >= 0.3 is 6.18 Å². The Labute approximate surface area is 203 Å². The van der Waals surface area contributed by atoms with Gasteiger partial charge in [-0.1, -0.05) is 25.0 Å². The van der Waals surface area contributed by atoms with Crippen LogP contribution in [0.1, 0.15) is 57.1 Å². The smallest absolute Gasteiger partial charge is 0.381 e. The third-order valence-electron chi connectivity index (χ3n) is 5.74. The van der Waals surface area contributed by atoms with E-state index < -0.39 is 24.6 Å². The Kier molecular flexibility index (Phi) is 11.3. The van der Waals surface area contributed by atoms with E-state index in [0.717, 1.165) is 36.6 Å². The van der Waals surface area contributed by atoms with Crippen molar-refractivity contribution in [3.8, 4) is 0 Å². The maximum atomic E-state index is 12.9. The topological polar surface area (TPSA) is 44.4 Å². The van der Waals surface area contributed by atoms with Crippen LogP contribution in [0.2, 0.25) is 0 Å². The second-order valence-electron chi connectivity index (χ2n) is 8.35. The summed E-state index contributed by atoms with van der Waals surface area (Å²) in [5, 5.41) is 6.17. The highest BCUT2D eigenvalue weighted by Crippen LogP contribution is 2.31. The molecule has 35 heavy (non-hydrogen) atoms. The number of carbonyl (C=O) groups is 1. The summed E-state index contributed by atoms with van der Waals surface area (Å²) in [6.45, 7) is 4.84. The van der Waals surface area contributed by atoms with Gasteiger partial charge in [0.1, 0.15) is 12.8 Å². The Hall–Kier alpha value is -2.84. The van der Waals surface area contributed by atoms with Crippen LogP contribution in [0, 0.1) is 0 Å². The number of alkyl halides is 5. The van der Waals surface area contributed by atoms with E-state index in [1.165, 1.54) is 12.1 Å². The van der Waals surface area contributed by atoms with Crippen molar-refractivity contribution in [1.29, 1.82) is 0 Å². The van der Waals surface area contributed by atoms with Gasteiger partial charge in [0, 0.05) is 31.7 Å². The molecule has 0 radical (unpaired) electrons. The number of anilines is 3. The monoisotopic (exact) mass is 499 g/mol. The summed E-state index contributed by atoms with van der Waals surface area (Å²) < 4.78 is 63.4. The molecule has 0 bridgehead atoms. The predicted octanol–water partition coefficient (Wildman–Crippen LogP) is 7.36. The molecular weight excluding hydrogens is 465 g/mol. The number of carbonyl (C=O) groups excluding carboxylic acids is 1. The molecule has 194 valence electrons. The Bertz CT molecular complexity index is 914. The van der Waals surface area contributed by atoms with Crippen LogP contribution in [0.5, 0.6) is 0 Å². The lowest BCUT2D eigenvalue weighted by Crippen LogP contribution is -2.24. The zero-order valence-electron chi connectivity index (χ0n) is 20.2. The minimum atomic E-state index is -4.36. The lowest BCUT2D eigenvalue weighted by Gasteiger charge is -2.25. The van der Waals surface area contributed by atoms with Crippen LogP contribution < -0.4 is 15.5 Å². The number of nitrogens with one attached hydrogen (secondary N) is 2. The molecule has 1 unspecified atom stereocenters. The van der Waals surface area contributed by atoms with Crippen LogP contribution in [0.4, 0.5) is 39.0 Å². The van der Waals surface area contributed by atoms with Gasteiger partial charge in [0.25, 0.3) is 0 Å². The molecule has 4 nitrogen and oxygen atoms in total. The highest BCUT2D eigenvalue weighted by molar-refractivity contribution is 5.95. The first-order chi connectivity index (χ1) is 16.7. The zero-order chi connectivity index (χ0) is 25.8. The quantitative estimate of drug-likeness (QED) is 0.211. The highest BCUT2D eigenvalue weighted by Gasteiger charge is 2.29. The summed E-state index contributed by atoms with van der Waals surface area (Å²) in [7, 11) is 0. The first-order valence-corrected chi connectivity index (χ1v) is 12.0. The first-order valence-electron chi connectivity index (χ1n) is 12.0. The maximum Gasteiger partial charge on any atom is 0.416 e. The largest absolute Gasteiger partial charge is 0.416 e. The van der Waals surface area contributed by atoms with Crippen molar-refractivity contribution < 1.29 is 26.7 Å². The van der Waals surface area contributed by atoms with E-state index in [2.05, 4.69) is 15.5 Å². The molecule has 2 N–H and O–H groups in total. The fourth-order valence-electron chi connectivity index (χ4n) is 3.71. The van der Waals surface area contributed by atoms with Crippen LogP contribution in [-0.2, 0) is 17.5 Å². The van der Waals surface area contributed by atoms with Crippen molar-refractivity contribution in [2.45, 2.75) is 64.8 Å². The highest BCUT2D eigenvalue weighted by atomic mass is 19.4. The van der Waals surface area contributed by atoms with Gasteiger partial charge in [0.05, 0.1) is 16.9 Å². The van der Waals surface area contributed by atoms with Crippen LogP contribution >= 0.6 is 0 Å². The Morgan fingerprint density at radius 2 is 1.69 bits per heavy atom. The minimum absolute atomic E-state index is 0.147. The molecule has 0 aromatic heterocycles. The molecule has 0 aliphatic heterocycles. The Morgan fingerprint density at radius 1 is 1.00 bits per heavy atom. The van der Waals surface area contributed by atoms with Crippen molar-refractivity contribution in [3.05, 3.63) is 53.6 Å². The summed E-state index contributed by atoms with van der Waals surface area (Å²) in [4.78, 5) is 14.5. The first kappa shape index (κ1) is 28.4. The van der Waals surface area contributed by atoms with Gasteiger partial charge < -0.3 is 15.5 Å². The van der Waals surface area contributed by atoms with Crippen molar-refractivity contribution in [3.63, 3.8) is 0 Å². The Balaban J connectivity index is 2.00. The van der Waals surface area contributed by atoms with E-state index in [9.17, 15) is 26.7 Å². The molecule has 1 amide bonds. The lowest BCUT2D eigenvalue weighted by atomic mass is 10.1. The van der Waals surface area contributed by atoms with Crippen molar-refractivity contribution in [1.82, 2.24) is 0 Å². The van der Waals surface area contributed by atoms with Crippen LogP contribution in [0.15, 0.2) is 42.5 Å². The van der Waals surface area contributed by atoms with Gasteiger partial charge in [-0.3, -0.25) is 4.79 Å². The molecule has 0 saturated carbocycles. The fraction of sp³-hybridized carbons (Fsp3) is 0.500. The van der Waals surface area contributed by atoms with Gasteiger partial charge in [-0.15, -0.1) is 0 Å². The second-order valence-corrected chi connectivity index (χ2v) is 8.35. The number of hydrogen-bond donors (Lipinski definition) is 2. The van der Waals surface area contributed by atoms with Gasteiger partial charge in [-0.2, -0.15) is 13.2 Å². The molecule has 9 heteroatoms. The van der Waals surface area contributed by atoms with Crippen molar-refractivity contribution in [2.24, 2.45) is 0 Å². The molecule has 0 spiro atoms. The maximum absolute atomic E-state index is 12.9. The fourth-order valence-corrected chi connectivity index (χ4v) is 3.71. The van der Waals surface area contributed by atoms with E-state index in [0.29, 0.717) is 37.1 Å². The van der Waals surface area contributed by atoms with Crippen molar-refractivity contribution >= 4 is 23.0 Å². The second kappa shape index (κ2) is 13.9. The number of unbranched alkanes of at least 4 members (excludes halogenated alkanes) is 2. The molecule has 0 saturated heterocycles. The molecule has 0 aliphatic carbocycles. The van der Waals surface area contributed by atoms with E-state index in [-0.39, 0.29) is 18.7 Å². The lowest BCUT2D eigenvalue weighted by molar-refractivity contribution is -0.137. The molecule has 1 atom stereocenters. The number of hydrogen-bond acceptors (Lipinski definition) is 3. The summed E-state index contributed by atoms with van der Waals surface area (Å²) >= 11 is 0. The van der Waals surface area contributed by atoms with Crippen LogP contribution in [0.3, 0.4) is 0 Å². The van der Waals surface area contributed by atoms with E-state index in [1.54, 1.807) is 6.07 Å². The number of rotatable bonds is 14. The number of amides is 1. The normalized spacial score (nSPS) is 12.3. The van der Waals surface area contributed by atoms with E-state index >= 15 is 0 Å². The average Bonchev–Trinajstić information content (AvgIpc) is 2.84.